The van der Waals surface area contributed by atoms with Crippen molar-refractivity contribution in [1.29, 1.82) is 0 Å². The number of rotatable bonds is 28. The van der Waals surface area contributed by atoms with E-state index < -0.39 is 31.7 Å². The molecule has 0 fully saturated rings. The van der Waals surface area contributed by atoms with Gasteiger partial charge in [-0.15, -0.1) is 0 Å². The van der Waals surface area contributed by atoms with Crippen molar-refractivity contribution in [3.05, 3.63) is 313 Å². The predicted molar refractivity (Wildman–Crippen MR) is 393 cm³/mol. The summed E-state index contributed by atoms with van der Waals surface area (Å²) in [5.74, 6) is 0. The molecule has 454 valence electrons. The smallest absolute Gasteiger partial charge is 0.0967 e. The van der Waals surface area contributed by atoms with Crippen LogP contribution in [-0.2, 0) is 60.8 Å². The van der Waals surface area contributed by atoms with Crippen LogP contribution in [-0.4, -0.2) is 71.0 Å². The van der Waals surface area contributed by atoms with Gasteiger partial charge in [0.1, 0.15) is 0 Å². The minimum atomic E-state index is -0.806. The molecule has 0 heterocycles. The van der Waals surface area contributed by atoms with E-state index >= 15 is 0 Å². The molecule has 0 aliphatic heterocycles. The maximum absolute atomic E-state index is 7.57. The molecule has 0 amide bonds. The number of aliphatic hydroxyl groups excluding tert-OH is 1. The van der Waals surface area contributed by atoms with E-state index in [0.29, 0.717) is 0 Å². The molecule has 10 rings (SSSR count). The Kier molecular flexibility index (Phi) is 38.7. The number of benzene rings is 10. The molecule has 0 aliphatic carbocycles. The third-order valence-corrected chi connectivity index (χ3v) is 25.9. The number of nitrogens with one attached hydrogen (secondary N) is 4. The summed E-state index contributed by atoms with van der Waals surface area (Å²) < 4.78 is 0. The predicted octanol–water partition coefficient (Wildman–Crippen LogP) is 11.9. The third kappa shape index (κ3) is 26.4. The molecule has 14 heteroatoms. The Labute approximate surface area is 562 Å². The zero-order chi connectivity index (χ0) is 59.9. The van der Waals surface area contributed by atoms with Gasteiger partial charge in [-0.05, 0) is 126 Å². The van der Waals surface area contributed by atoms with Crippen LogP contribution in [0.15, 0.2) is 291 Å². The SMILES string of the molecule is CCO.[B].[Cl][Ru+2][Cl].[RuH+2].c1ccc([PH+](CCNCc2ccccc2CNCC[PH+](c2ccccc2)c2ccccc2)c2ccccc2)cc1.c1ccc([PH+](CCNCc2ccccc2CNCC[PH+](c2ccccc2)c2ccccc2)c2ccccc2)cc1. The first-order chi connectivity index (χ1) is 42.6. The van der Waals surface area contributed by atoms with Crippen molar-refractivity contribution in [1.82, 2.24) is 21.3 Å². The number of hydrogen-bond donors (Lipinski definition) is 5. The quantitative estimate of drug-likeness (QED) is 0.0192. The first-order valence-electron chi connectivity index (χ1n) is 29.9. The van der Waals surface area contributed by atoms with Crippen molar-refractivity contribution in [3.8, 4) is 0 Å². The van der Waals surface area contributed by atoms with Gasteiger partial charge < -0.3 is 26.4 Å². The molecule has 0 aromatic heterocycles. The van der Waals surface area contributed by atoms with Crippen LogP contribution in [0.2, 0.25) is 0 Å². The standard InChI is InChI=1S/2C36H38N2P2.C2H6O.B.2ClH.2Ru.H/c2*1-5-17-33(18-6-1)39(34-19-7-2-8-20-34)27-25-37-29-31-15-13-14-16-32(31)30-38-26-28-40(35-21-9-3-10-22-35)36-23-11-4-12-24-36;1-2-3;;;;;;/h2*1-24,37-38H,25-30H2;3H,2H2,1H3;;2*1H;;;/q;;;;;;+2;+4;/p+2. The molecule has 0 saturated carbocycles. The van der Waals surface area contributed by atoms with Gasteiger partial charge in [-0.25, -0.2) is 0 Å². The zero-order valence-electron chi connectivity index (χ0n) is 50.4. The summed E-state index contributed by atoms with van der Waals surface area (Å²) >= 11 is -0.346. The van der Waals surface area contributed by atoms with Crippen molar-refractivity contribution in [2.45, 2.75) is 33.1 Å². The van der Waals surface area contributed by atoms with Gasteiger partial charge in [0.2, 0.25) is 0 Å². The Bertz CT molecular complexity index is 2710. The maximum atomic E-state index is 7.57. The Morgan fingerprint density at radius 1 is 0.284 bits per heavy atom. The fraction of sp³-hybridized carbons (Fsp3) is 0.189. The van der Waals surface area contributed by atoms with Gasteiger partial charge in [0, 0.05) is 67.4 Å². The van der Waals surface area contributed by atoms with Crippen LogP contribution in [0.4, 0.5) is 0 Å². The summed E-state index contributed by atoms with van der Waals surface area (Å²) in [6, 6.07) is 106. The fourth-order valence-corrected chi connectivity index (χ4v) is 20.6. The molecule has 0 aliphatic rings. The zero-order valence-corrected chi connectivity index (χ0v) is 59.5. The third-order valence-electron chi connectivity index (χ3n) is 14.7. The molecule has 0 bridgehead atoms. The maximum Gasteiger partial charge on any atom is 0.0967 e. The topological polar surface area (TPSA) is 68.3 Å². The van der Waals surface area contributed by atoms with Gasteiger partial charge >= 0.3 is 54.0 Å². The number of aliphatic hydroxyl groups is 1. The molecule has 10 aromatic rings. The molecule has 0 unspecified atom stereocenters. The van der Waals surface area contributed by atoms with E-state index in [1.807, 2.05) is 0 Å². The van der Waals surface area contributed by atoms with E-state index in [4.69, 9.17) is 24.5 Å². The fourth-order valence-electron chi connectivity index (χ4n) is 10.5. The molecule has 5 nitrogen and oxygen atoms in total. The van der Waals surface area contributed by atoms with E-state index in [1.54, 1.807) is 6.92 Å². The Morgan fingerprint density at radius 3 is 0.545 bits per heavy atom. The molecule has 5 N–H and O–H groups in total. The van der Waals surface area contributed by atoms with Crippen molar-refractivity contribution >= 4 is 102 Å². The second kappa shape index (κ2) is 45.8. The minimum absolute atomic E-state index is 0. The van der Waals surface area contributed by atoms with Gasteiger partial charge in [-0.3, -0.25) is 0 Å². The summed E-state index contributed by atoms with van der Waals surface area (Å²) in [6.45, 7) is 9.59. The average Bonchev–Trinajstić information content (AvgIpc) is 3.75. The Hall–Kier alpha value is -4.39. The van der Waals surface area contributed by atoms with E-state index in [9.17, 15) is 0 Å². The second-order valence-corrected chi connectivity index (χ2v) is 33.5. The Morgan fingerprint density at radius 2 is 0.409 bits per heavy atom. The largest absolute Gasteiger partial charge is 0.309 e. The minimum Gasteiger partial charge on any atom is -0.309 e. The average molecular weight is 1460 g/mol. The molecule has 88 heavy (non-hydrogen) atoms. The molecule has 0 spiro atoms. The van der Waals surface area contributed by atoms with Crippen LogP contribution in [0, 0.1) is 0 Å². The van der Waals surface area contributed by atoms with Gasteiger partial charge in [0.05, 0.1) is 98.8 Å². The van der Waals surface area contributed by atoms with Crippen LogP contribution in [0.1, 0.15) is 29.2 Å². The number of halogens is 2. The van der Waals surface area contributed by atoms with Crippen molar-refractivity contribution in [2.24, 2.45) is 0 Å². The van der Waals surface area contributed by atoms with Gasteiger partial charge in [0.25, 0.3) is 0 Å². The molecule has 10 aromatic carbocycles. The van der Waals surface area contributed by atoms with Gasteiger partial charge in [-0.2, -0.15) is 0 Å². The first-order valence-corrected chi connectivity index (χ1v) is 41.2. The number of hydrogen-bond acceptors (Lipinski definition) is 5. The molecular formula is C74H87BCl2N4OP4Ru2+8. The Balaban J connectivity index is 0.000000288. The van der Waals surface area contributed by atoms with E-state index in [-0.39, 0.29) is 49.6 Å². The molecular weight excluding hydrogens is 1370 g/mol. The second-order valence-electron chi connectivity index (χ2n) is 20.5. The van der Waals surface area contributed by atoms with Crippen LogP contribution >= 0.6 is 51.1 Å². The molecule has 0 atom stereocenters. The molecule has 0 saturated heterocycles. The van der Waals surface area contributed by atoms with Crippen molar-refractivity contribution < 1.29 is 39.7 Å². The van der Waals surface area contributed by atoms with E-state index in [0.717, 1.165) is 52.4 Å². The first kappa shape index (κ1) is 74.3. The summed E-state index contributed by atoms with van der Waals surface area (Å²) in [4.78, 5) is 0. The summed E-state index contributed by atoms with van der Waals surface area (Å²) in [5, 5.41) is 34.5. The monoisotopic (exact) mass is 1460 g/mol. The van der Waals surface area contributed by atoms with Gasteiger partial charge in [0.15, 0.2) is 0 Å². The van der Waals surface area contributed by atoms with Crippen molar-refractivity contribution in [3.63, 3.8) is 0 Å². The van der Waals surface area contributed by atoms with Crippen LogP contribution in [0.25, 0.3) is 0 Å². The van der Waals surface area contributed by atoms with E-state index in [2.05, 4.69) is 312 Å². The van der Waals surface area contributed by atoms with Gasteiger partial charge in [-0.1, -0.05) is 194 Å². The normalized spacial score (nSPS) is 10.6. The van der Waals surface area contributed by atoms with Crippen LogP contribution in [0.3, 0.4) is 0 Å². The summed E-state index contributed by atoms with van der Waals surface area (Å²) in [7, 11) is 6.48. The van der Waals surface area contributed by atoms with Crippen LogP contribution in [0.5, 0.6) is 0 Å². The van der Waals surface area contributed by atoms with Crippen LogP contribution < -0.4 is 63.7 Å². The van der Waals surface area contributed by atoms with Crippen molar-refractivity contribution in [2.75, 3.05) is 57.4 Å². The summed E-state index contributed by atoms with van der Waals surface area (Å²) in [6.07, 6.45) is 4.68. The summed E-state index contributed by atoms with van der Waals surface area (Å²) in [5.41, 5.74) is 5.55. The van der Waals surface area contributed by atoms with E-state index in [1.165, 1.54) is 89.3 Å². The molecule has 3 radical (unpaired) electrons.